The van der Waals surface area contributed by atoms with Crippen LogP contribution in [0.25, 0.3) is 0 Å². The topological polar surface area (TPSA) is 34.9 Å². The minimum absolute atomic E-state index is 0.0137. The number of thioether (sulfide) groups is 1. The Morgan fingerprint density at radius 1 is 1.30 bits per heavy atom. The average Bonchev–Trinajstić information content (AvgIpc) is 2.41. The van der Waals surface area contributed by atoms with Crippen molar-refractivity contribution >= 4 is 11.8 Å². The molecule has 1 aromatic carbocycles. The maximum atomic E-state index is 12.3. The van der Waals surface area contributed by atoms with E-state index in [1.807, 2.05) is 12.1 Å². The molecule has 1 aromatic heterocycles. The van der Waals surface area contributed by atoms with E-state index in [4.69, 9.17) is 0 Å². The predicted molar refractivity (Wildman–Crippen MR) is 84.1 cm³/mol. The summed E-state index contributed by atoms with van der Waals surface area (Å²) in [5.41, 5.74) is 2.51. The SMILES string of the molecule is Cc1ccccc1CSc1nccn(CC(C)C)c1=O. The fraction of sp³-hybridized carbons (Fsp3) is 0.375. The van der Waals surface area contributed by atoms with Crippen LogP contribution in [0.3, 0.4) is 0 Å². The van der Waals surface area contributed by atoms with Crippen LogP contribution in [-0.2, 0) is 12.3 Å². The predicted octanol–water partition coefficient (Wildman–Crippen LogP) is 3.50. The Labute approximate surface area is 124 Å². The molecule has 106 valence electrons. The molecule has 20 heavy (non-hydrogen) atoms. The summed E-state index contributed by atoms with van der Waals surface area (Å²) in [6.45, 7) is 7.03. The average molecular weight is 288 g/mol. The summed E-state index contributed by atoms with van der Waals surface area (Å²) in [7, 11) is 0. The molecular weight excluding hydrogens is 268 g/mol. The van der Waals surface area contributed by atoms with E-state index in [1.54, 1.807) is 17.0 Å². The van der Waals surface area contributed by atoms with Crippen LogP contribution in [0.5, 0.6) is 0 Å². The van der Waals surface area contributed by atoms with Gasteiger partial charge in [-0.25, -0.2) is 4.98 Å². The van der Waals surface area contributed by atoms with Crippen LogP contribution in [0, 0.1) is 12.8 Å². The van der Waals surface area contributed by atoms with Gasteiger partial charge in [0, 0.05) is 24.7 Å². The van der Waals surface area contributed by atoms with Crippen LogP contribution in [-0.4, -0.2) is 9.55 Å². The highest BCUT2D eigenvalue weighted by molar-refractivity contribution is 7.98. The summed E-state index contributed by atoms with van der Waals surface area (Å²) in [6, 6.07) is 8.24. The van der Waals surface area contributed by atoms with Gasteiger partial charge < -0.3 is 4.57 Å². The molecule has 0 aliphatic carbocycles. The summed E-state index contributed by atoms with van der Waals surface area (Å²) in [4.78, 5) is 16.5. The van der Waals surface area contributed by atoms with Gasteiger partial charge in [0.25, 0.3) is 5.56 Å². The molecule has 0 atom stereocenters. The maximum absolute atomic E-state index is 12.3. The van der Waals surface area contributed by atoms with Gasteiger partial charge in [-0.2, -0.15) is 0 Å². The van der Waals surface area contributed by atoms with Gasteiger partial charge in [-0.3, -0.25) is 4.79 Å². The van der Waals surface area contributed by atoms with Gasteiger partial charge in [0.2, 0.25) is 0 Å². The standard InChI is InChI=1S/C16H20N2OS/c1-12(2)10-18-9-8-17-15(16(18)19)20-11-14-7-5-4-6-13(14)3/h4-9,12H,10-11H2,1-3H3. The van der Waals surface area contributed by atoms with E-state index in [9.17, 15) is 4.79 Å². The molecule has 0 radical (unpaired) electrons. The fourth-order valence-corrected chi connectivity index (χ4v) is 2.97. The molecule has 2 rings (SSSR count). The van der Waals surface area contributed by atoms with Gasteiger partial charge in [-0.05, 0) is 24.0 Å². The Kier molecular flexibility index (Phi) is 5.01. The molecule has 0 aliphatic rings. The summed E-state index contributed by atoms with van der Waals surface area (Å²) < 4.78 is 1.75. The lowest BCUT2D eigenvalue weighted by molar-refractivity contribution is 0.502. The lowest BCUT2D eigenvalue weighted by Gasteiger charge is -2.10. The summed E-state index contributed by atoms with van der Waals surface area (Å²) in [6.07, 6.45) is 3.48. The largest absolute Gasteiger partial charge is 0.311 e. The number of nitrogens with zero attached hydrogens (tertiary/aromatic N) is 2. The van der Waals surface area contributed by atoms with E-state index in [0.29, 0.717) is 10.9 Å². The molecule has 0 aliphatic heterocycles. The number of benzene rings is 1. The zero-order valence-electron chi connectivity index (χ0n) is 12.2. The van der Waals surface area contributed by atoms with Crippen LogP contribution < -0.4 is 5.56 Å². The molecule has 1 heterocycles. The van der Waals surface area contributed by atoms with Gasteiger partial charge in [-0.1, -0.05) is 49.9 Å². The highest BCUT2D eigenvalue weighted by Gasteiger charge is 2.07. The number of aryl methyl sites for hydroxylation is 1. The third-order valence-corrected chi connectivity index (χ3v) is 4.08. The first-order valence-corrected chi connectivity index (χ1v) is 7.79. The molecule has 0 N–H and O–H groups in total. The third-order valence-electron chi connectivity index (χ3n) is 3.07. The van der Waals surface area contributed by atoms with Crippen molar-refractivity contribution in [2.45, 2.75) is 38.1 Å². The number of hydrogen-bond donors (Lipinski definition) is 0. The molecule has 3 nitrogen and oxygen atoms in total. The van der Waals surface area contributed by atoms with Crippen LogP contribution in [0.15, 0.2) is 46.5 Å². The lowest BCUT2D eigenvalue weighted by atomic mass is 10.1. The van der Waals surface area contributed by atoms with Crippen LogP contribution >= 0.6 is 11.8 Å². The van der Waals surface area contributed by atoms with Gasteiger partial charge >= 0.3 is 0 Å². The lowest BCUT2D eigenvalue weighted by Crippen LogP contribution is -2.24. The van der Waals surface area contributed by atoms with Crippen molar-refractivity contribution in [3.63, 3.8) is 0 Å². The zero-order chi connectivity index (χ0) is 14.5. The van der Waals surface area contributed by atoms with Crippen molar-refractivity contribution in [1.29, 1.82) is 0 Å². The first-order chi connectivity index (χ1) is 9.58. The van der Waals surface area contributed by atoms with Crippen molar-refractivity contribution < 1.29 is 0 Å². The van der Waals surface area contributed by atoms with Crippen LogP contribution in [0.2, 0.25) is 0 Å². The Morgan fingerprint density at radius 2 is 2.05 bits per heavy atom. The van der Waals surface area contributed by atoms with E-state index in [0.717, 1.165) is 12.3 Å². The van der Waals surface area contributed by atoms with Crippen molar-refractivity contribution in [3.8, 4) is 0 Å². The molecule has 0 bridgehead atoms. The Morgan fingerprint density at radius 3 is 2.75 bits per heavy atom. The minimum Gasteiger partial charge on any atom is -0.311 e. The second-order valence-corrected chi connectivity index (χ2v) is 6.26. The van der Waals surface area contributed by atoms with Gasteiger partial charge in [0.15, 0.2) is 5.03 Å². The van der Waals surface area contributed by atoms with Gasteiger partial charge in [-0.15, -0.1) is 0 Å². The molecule has 0 unspecified atom stereocenters. The number of rotatable bonds is 5. The van der Waals surface area contributed by atoms with Crippen molar-refractivity contribution in [3.05, 3.63) is 58.1 Å². The summed E-state index contributed by atoms with van der Waals surface area (Å²) in [5.74, 6) is 1.23. The minimum atomic E-state index is 0.0137. The molecule has 0 saturated heterocycles. The van der Waals surface area contributed by atoms with Gasteiger partial charge in [0.05, 0.1) is 0 Å². The highest BCUT2D eigenvalue weighted by atomic mass is 32.2. The smallest absolute Gasteiger partial charge is 0.283 e. The molecule has 0 saturated carbocycles. The third kappa shape index (κ3) is 3.73. The van der Waals surface area contributed by atoms with E-state index in [1.165, 1.54) is 22.9 Å². The maximum Gasteiger partial charge on any atom is 0.283 e. The van der Waals surface area contributed by atoms with Crippen LogP contribution in [0.4, 0.5) is 0 Å². The number of aromatic nitrogens is 2. The second kappa shape index (κ2) is 6.75. The first kappa shape index (κ1) is 14.9. The van der Waals surface area contributed by atoms with E-state index in [-0.39, 0.29) is 5.56 Å². The summed E-state index contributed by atoms with van der Waals surface area (Å²) in [5, 5.41) is 0.580. The van der Waals surface area contributed by atoms with Crippen molar-refractivity contribution in [2.24, 2.45) is 5.92 Å². The normalized spacial score (nSPS) is 11.0. The van der Waals surface area contributed by atoms with Crippen molar-refractivity contribution in [1.82, 2.24) is 9.55 Å². The summed E-state index contributed by atoms with van der Waals surface area (Å²) >= 11 is 1.51. The van der Waals surface area contributed by atoms with E-state index in [2.05, 4.69) is 37.9 Å². The molecular formula is C16H20N2OS. The van der Waals surface area contributed by atoms with Crippen LogP contribution in [0.1, 0.15) is 25.0 Å². The first-order valence-electron chi connectivity index (χ1n) is 6.80. The van der Waals surface area contributed by atoms with Crippen molar-refractivity contribution in [2.75, 3.05) is 0 Å². The monoisotopic (exact) mass is 288 g/mol. The molecule has 0 spiro atoms. The number of hydrogen-bond acceptors (Lipinski definition) is 3. The van der Waals surface area contributed by atoms with E-state index >= 15 is 0 Å². The molecule has 2 aromatic rings. The molecule has 0 fully saturated rings. The second-order valence-electron chi connectivity index (χ2n) is 5.30. The molecule has 0 amide bonds. The Bertz CT molecular complexity index is 634. The Hall–Kier alpha value is -1.55. The quantitative estimate of drug-likeness (QED) is 0.790. The van der Waals surface area contributed by atoms with Gasteiger partial charge in [0.1, 0.15) is 0 Å². The fourth-order valence-electron chi connectivity index (χ4n) is 1.98. The highest BCUT2D eigenvalue weighted by Crippen LogP contribution is 2.20. The zero-order valence-corrected chi connectivity index (χ0v) is 13.0. The molecule has 4 heteroatoms. The van der Waals surface area contributed by atoms with E-state index < -0.39 is 0 Å². The Balaban J connectivity index is 2.14.